The molecule has 0 amide bonds. The van der Waals surface area contributed by atoms with Crippen LogP contribution in [0.25, 0.3) is 0 Å². The molecule has 116 valence electrons. The van der Waals surface area contributed by atoms with E-state index in [1.807, 2.05) is 0 Å². The zero-order valence-electron chi connectivity index (χ0n) is 11.7. The molecule has 0 aliphatic carbocycles. The van der Waals surface area contributed by atoms with Gasteiger partial charge in [0.1, 0.15) is 0 Å². The predicted octanol–water partition coefficient (Wildman–Crippen LogP) is 3.76. The van der Waals surface area contributed by atoms with Gasteiger partial charge in [0.05, 0.1) is 13.2 Å². The molecule has 0 rings (SSSR count). The molecule has 0 aromatic rings. The molecule has 0 atom stereocenters. The molecule has 0 aromatic heterocycles. The molecule has 0 unspecified atom stereocenters. The first kappa shape index (κ1) is 24.9. The summed E-state index contributed by atoms with van der Waals surface area (Å²) < 4.78 is 10.3. The summed E-state index contributed by atoms with van der Waals surface area (Å²) in [5.74, 6) is 1.32. The van der Waals surface area contributed by atoms with Crippen molar-refractivity contribution in [1.82, 2.24) is 0 Å². The van der Waals surface area contributed by atoms with Gasteiger partial charge in [-0.25, -0.2) is 0 Å². The van der Waals surface area contributed by atoms with Crippen LogP contribution in [0, 0.1) is 11.8 Å². The average molecular weight is 522 g/mol. The fourth-order valence-corrected chi connectivity index (χ4v) is 1.09. The van der Waals surface area contributed by atoms with Crippen molar-refractivity contribution in [1.29, 1.82) is 0 Å². The van der Waals surface area contributed by atoms with Gasteiger partial charge in [0.15, 0.2) is 0 Å². The van der Waals surface area contributed by atoms with E-state index in [2.05, 4.69) is 77.4 Å². The van der Waals surface area contributed by atoms with E-state index >= 15 is 0 Å². The molecular weight excluding hydrogens is 499 g/mol. The van der Waals surface area contributed by atoms with Gasteiger partial charge in [0, 0.05) is 8.77 Å². The summed E-state index contributed by atoms with van der Waals surface area (Å²) in [4.78, 5) is 0. The SMILES string of the molecule is CC(C)CCOC(=S)[S-].CC(C)CCOC(=S)[S-].[Pt+2]. The largest absolute Gasteiger partial charge is 2.00 e. The summed E-state index contributed by atoms with van der Waals surface area (Å²) in [6.07, 6.45) is 2.05. The first-order valence-corrected chi connectivity index (χ1v) is 7.56. The van der Waals surface area contributed by atoms with Gasteiger partial charge in [-0.2, -0.15) is 0 Å². The molecule has 19 heavy (non-hydrogen) atoms. The molecule has 0 radical (unpaired) electrons. The Labute approximate surface area is 153 Å². The molecule has 0 N–H and O–H groups in total. The van der Waals surface area contributed by atoms with Gasteiger partial charge in [0.2, 0.25) is 0 Å². The van der Waals surface area contributed by atoms with Crippen LogP contribution in [0.15, 0.2) is 0 Å². The third kappa shape index (κ3) is 32.4. The van der Waals surface area contributed by atoms with Crippen molar-refractivity contribution in [3.63, 3.8) is 0 Å². The molecule has 0 spiro atoms. The quantitative estimate of drug-likeness (QED) is 0.389. The second-order valence-corrected chi connectivity index (χ2v) is 6.56. The third-order valence-electron chi connectivity index (χ3n) is 1.83. The van der Waals surface area contributed by atoms with Crippen LogP contribution >= 0.6 is 24.4 Å². The van der Waals surface area contributed by atoms with Crippen molar-refractivity contribution in [2.75, 3.05) is 13.2 Å². The molecule has 0 saturated carbocycles. The van der Waals surface area contributed by atoms with Crippen molar-refractivity contribution in [2.24, 2.45) is 11.8 Å². The molecular formula is C12H22O2PtS4. The maximum atomic E-state index is 4.90. The van der Waals surface area contributed by atoms with E-state index in [0.29, 0.717) is 25.0 Å². The number of thiocarbonyl (C=S) groups is 2. The van der Waals surface area contributed by atoms with E-state index in [1.165, 1.54) is 0 Å². The van der Waals surface area contributed by atoms with E-state index in [1.54, 1.807) is 0 Å². The van der Waals surface area contributed by atoms with Crippen molar-refractivity contribution in [3.05, 3.63) is 0 Å². The number of hydrogen-bond donors (Lipinski definition) is 0. The molecule has 0 aliphatic rings. The molecule has 0 aromatic carbocycles. The summed E-state index contributed by atoms with van der Waals surface area (Å²) in [6, 6.07) is 0. The van der Waals surface area contributed by atoms with E-state index < -0.39 is 0 Å². The summed E-state index contributed by atoms with van der Waals surface area (Å²) in [5.41, 5.74) is 0. The van der Waals surface area contributed by atoms with Crippen LogP contribution in [0.5, 0.6) is 0 Å². The Balaban J connectivity index is -0.000000256. The molecule has 7 heteroatoms. The minimum atomic E-state index is 0. The predicted molar refractivity (Wildman–Crippen MR) is 90.7 cm³/mol. The zero-order valence-corrected chi connectivity index (χ0v) is 17.3. The van der Waals surface area contributed by atoms with Gasteiger partial charge in [-0.3, -0.25) is 0 Å². The molecule has 2 nitrogen and oxygen atoms in total. The summed E-state index contributed by atoms with van der Waals surface area (Å²) in [7, 11) is 0. The summed E-state index contributed by atoms with van der Waals surface area (Å²) >= 11 is 18.2. The maximum Gasteiger partial charge on any atom is 2.00 e. The Hall–Kier alpha value is 0.908. The third-order valence-corrected chi connectivity index (χ3v) is 2.30. The van der Waals surface area contributed by atoms with E-state index in [0.717, 1.165) is 12.8 Å². The van der Waals surface area contributed by atoms with Crippen molar-refractivity contribution in [3.8, 4) is 0 Å². The second kappa shape index (κ2) is 17.0. The van der Waals surface area contributed by atoms with Crippen LogP contribution in [0.3, 0.4) is 0 Å². The smallest absolute Gasteiger partial charge is 0.514 e. The monoisotopic (exact) mass is 521 g/mol. The first-order valence-electron chi connectivity index (χ1n) is 5.93. The Morgan fingerprint density at radius 2 is 1.11 bits per heavy atom. The normalized spacial score (nSPS) is 9.16. The number of hydrogen-bond acceptors (Lipinski definition) is 6. The van der Waals surface area contributed by atoms with Crippen LogP contribution in [0.4, 0.5) is 0 Å². The zero-order chi connectivity index (χ0) is 14.6. The molecule has 0 heterocycles. The van der Waals surface area contributed by atoms with E-state index in [4.69, 9.17) is 9.47 Å². The minimum Gasteiger partial charge on any atom is -0.514 e. The average Bonchev–Trinajstić information content (AvgIpc) is 2.15. The standard InChI is InChI=1S/2C6H12OS2.Pt/c2*1-5(2)3-4-7-6(8)9;/h2*5H,3-4H2,1-2H3,(H,8,9);/q;;+2/p-2. The first-order chi connectivity index (χ1) is 8.25. The Kier molecular flexibility index (Phi) is 22.2. The number of rotatable bonds is 6. The van der Waals surface area contributed by atoms with Gasteiger partial charge in [-0.05, 0) is 24.7 Å². The van der Waals surface area contributed by atoms with Gasteiger partial charge < -0.3 is 59.2 Å². The van der Waals surface area contributed by atoms with Crippen LogP contribution in [0.2, 0.25) is 0 Å². The Morgan fingerprint density at radius 1 is 0.842 bits per heavy atom. The van der Waals surface area contributed by atoms with Crippen molar-refractivity contribution < 1.29 is 30.5 Å². The van der Waals surface area contributed by atoms with Gasteiger partial charge in [-0.15, -0.1) is 0 Å². The topological polar surface area (TPSA) is 18.5 Å². The Bertz CT molecular complexity index is 212. The van der Waals surface area contributed by atoms with Gasteiger partial charge in [0.25, 0.3) is 0 Å². The second-order valence-electron chi connectivity index (χ2n) is 4.56. The minimum absolute atomic E-state index is 0. The van der Waals surface area contributed by atoms with E-state index in [-0.39, 0.29) is 29.8 Å². The fraction of sp³-hybridized carbons (Fsp3) is 0.833. The maximum absolute atomic E-state index is 4.90. The molecule has 0 fully saturated rings. The molecule has 0 saturated heterocycles. The van der Waals surface area contributed by atoms with Crippen LogP contribution in [0.1, 0.15) is 40.5 Å². The van der Waals surface area contributed by atoms with Crippen molar-refractivity contribution in [2.45, 2.75) is 40.5 Å². The Morgan fingerprint density at radius 3 is 1.26 bits per heavy atom. The van der Waals surface area contributed by atoms with Gasteiger partial charge >= 0.3 is 21.1 Å². The van der Waals surface area contributed by atoms with Crippen LogP contribution in [-0.4, -0.2) is 22.0 Å². The van der Waals surface area contributed by atoms with E-state index in [9.17, 15) is 0 Å². The van der Waals surface area contributed by atoms with Crippen LogP contribution in [-0.2, 0) is 55.8 Å². The fourth-order valence-electron chi connectivity index (χ4n) is 0.756. The molecule has 0 bridgehead atoms. The van der Waals surface area contributed by atoms with Gasteiger partial charge in [-0.1, -0.05) is 27.7 Å². The molecule has 0 aliphatic heterocycles. The summed E-state index contributed by atoms with van der Waals surface area (Å²) in [6.45, 7) is 9.87. The van der Waals surface area contributed by atoms with Crippen molar-refractivity contribution >= 4 is 58.5 Å². The summed E-state index contributed by atoms with van der Waals surface area (Å²) in [5, 5.41) is 0. The number of ether oxygens (including phenoxy) is 2. The van der Waals surface area contributed by atoms with Crippen LogP contribution < -0.4 is 0 Å².